The molecule has 1 aliphatic rings. The van der Waals surface area contributed by atoms with E-state index in [1.165, 1.54) is 11.4 Å². The Labute approximate surface area is 114 Å². The van der Waals surface area contributed by atoms with Gasteiger partial charge in [-0.2, -0.15) is 5.10 Å². The molecule has 1 fully saturated rings. The van der Waals surface area contributed by atoms with Gasteiger partial charge >= 0.3 is 0 Å². The maximum atomic E-state index is 6.21. The van der Waals surface area contributed by atoms with Crippen LogP contribution >= 0.6 is 11.6 Å². The highest BCUT2D eigenvalue weighted by Crippen LogP contribution is 2.34. The summed E-state index contributed by atoms with van der Waals surface area (Å²) in [5.41, 5.74) is 2.59. The Morgan fingerprint density at radius 1 is 1.50 bits per heavy atom. The largest absolute Gasteiger partial charge is 0.381 e. The van der Waals surface area contributed by atoms with E-state index >= 15 is 0 Å². The molecule has 1 aromatic heterocycles. The van der Waals surface area contributed by atoms with E-state index in [2.05, 4.69) is 29.7 Å². The number of rotatable bonds is 5. The van der Waals surface area contributed by atoms with Crippen LogP contribution in [0.25, 0.3) is 0 Å². The summed E-state index contributed by atoms with van der Waals surface area (Å²) in [5, 5.41) is 4.61. The Morgan fingerprint density at radius 2 is 2.33 bits per heavy atom. The Bertz CT molecular complexity index is 383. The van der Waals surface area contributed by atoms with E-state index in [0.717, 1.165) is 45.4 Å². The van der Waals surface area contributed by atoms with E-state index in [0.29, 0.717) is 5.88 Å². The smallest absolute Gasteiger partial charge is 0.0624 e. The van der Waals surface area contributed by atoms with Crippen LogP contribution in [0, 0.1) is 5.41 Å². The minimum Gasteiger partial charge on any atom is -0.381 e. The summed E-state index contributed by atoms with van der Waals surface area (Å²) in [4.78, 5) is 0. The van der Waals surface area contributed by atoms with Gasteiger partial charge in [-0.25, -0.2) is 0 Å². The van der Waals surface area contributed by atoms with Crippen LogP contribution in [0.3, 0.4) is 0 Å². The molecule has 1 unspecified atom stereocenters. The van der Waals surface area contributed by atoms with Gasteiger partial charge in [-0.05, 0) is 38.7 Å². The van der Waals surface area contributed by atoms with Gasteiger partial charge in [-0.1, -0.05) is 6.92 Å². The first-order valence-corrected chi connectivity index (χ1v) is 7.46. The molecule has 0 saturated carbocycles. The maximum absolute atomic E-state index is 6.21. The fraction of sp³-hybridized carbons (Fsp3) is 0.786. The van der Waals surface area contributed by atoms with Crippen molar-refractivity contribution in [2.45, 2.75) is 46.1 Å². The molecule has 102 valence electrons. The van der Waals surface area contributed by atoms with Gasteiger partial charge in [0.05, 0.1) is 12.3 Å². The van der Waals surface area contributed by atoms with E-state index in [4.69, 9.17) is 16.3 Å². The molecule has 0 N–H and O–H groups in total. The minimum absolute atomic E-state index is 0.109. The molecule has 2 rings (SSSR count). The van der Waals surface area contributed by atoms with Crippen LogP contribution in [-0.4, -0.2) is 28.9 Å². The molecule has 0 radical (unpaired) electrons. The van der Waals surface area contributed by atoms with Crippen LogP contribution in [0.1, 0.15) is 38.1 Å². The number of ether oxygens (including phenoxy) is 1. The van der Waals surface area contributed by atoms with Gasteiger partial charge in [0, 0.05) is 30.1 Å². The van der Waals surface area contributed by atoms with E-state index in [1.54, 1.807) is 0 Å². The van der Waals surface area contributed by atoms with Crippen LogP contribution in [-0.2, 0) is 24.1 Å². The first-order chi connectivity index (χ1) is 8.73. The lowest BCUT2D eigenvalue weighted by Gasteiger charge is -2.35. The summed E-state index contributed by atoms with van der Waals surface area (Å²) in [6, 6.07) is 2.23. The van der Waals surface area contributed by atoms with Crippen molar-refractivity contribution in [1.29, 1.82) is 0 Å². The van der Waals surface area contributed by atoms with Crippen molar-refractivity contribution in [2.75, 3.05) is 19.1 Å². The van der Waals surface area contributed by atoms with Gasteiger partial charge < -0.3 is 4.74 Å². The first kappa shape index (κ1) is 13.9. The Kier molecular flexibility index (Phi) is 4.68. The molecule has 1 atom stereocenters. The molecular weight excluding hydrogens is 248 g/mol. The Hall–Kier alpha value is -0.540. The highest BCUT2D eigenvalue weighted by atomic mass is 35.5. The zero-order chi connectivity index (χ0) is 13.0. The molecule has 0 aliphatic carbocycles. The third kappa shape index (κ3) is 2.89. The van der Waals surface area contributed by atoms with Gasteiger partial charge in [0.25, 0.3) is 0 Å². The van der Waals surface area contributed by atoms with Gasteiger partial charge in [-0.15, -0.1) is 11.6 Å². The Balaban J connectivity index is 2.17. The van der Waals surface area contributed by atoms with E-state index in [-0.39, 0.29) is 5.41 Å². The van der Waals surface area contributed by atoms with Crippen molar-refractivity contribution in [3.8, 4) is 0 Å². The molecule has 1 saturated heterocycles. The lowest BCUT2D eigenvalue weighted by atomic mass is 9.80. The number of halogens is 1. The van der Waals surface area contributed by atoms with Gasteiger partial charge in [0.2, 0.25) is 0 Å². The van der Waals surface area contributed by atoms with Crippen LogP contribution in [0.2, 0.25) is 0 Å². The molecule has 1 aliphatic heterocycles. The number of hydrogen-bond donors (Lipinski definition) is 0. The van der Waals surface area contributed by atoms with Gasteiger partial charge in [0.15, 0.2) is 0 Å². The summed E-state index contributed by atoms with van der Waals surface area (Å²) >= 11 is 6.21. The highest BCUT2D eigenvalue weighted by molar-refractivity contribution is 6.18. The van der Waals surface area contributed by atoms with E-state index < -0.39 is 0 Å². The molecule has 0 spiro atoms. The predicted molar refractivity (Wildman–Crippen MR) is 74.2 cm³/mol. The topological polar surface area (TPSA) is 27.1 Å². The van der Waals surface area contributed by atoms with Gasteiger partial charge in [-0.3, -0.25) is 4.68 Å². The van der Waals surface area contributed by atoms with Crippen molar-refractivity contribution in [3.05, 3.63) is 17.5 Å². The van der Waals surface area contributed by atoms with Gasteiger partial charge in [0.1, 0.15) is 0 Å². The number of hydrogen-bond acceptors (Lipinski definition) is 2. The zero-order valence-electron chi connectivity index (χ0n) is 11.4. The van der Waals surface area contributed by atoms with Crippen molar-refractivity contribution >= 4 is 11.6 Å². The van der Waals surface area contributed by atoms with Crippen LogP contribution in [0.5, 0.6) is 0 Å². The molecular formula is C14H23ClN2O. The summed E-state index contributed by atoms with van der Waals surface area (Å²) < 4.78 is 7.75. The molecule has 1 aromatic rings. The second kappa shape index (κ2) is 6.07. The average molecular weight is 271 g/mol. The van der Waals surface area contributed by atoms with Crippen molar-refractivity contribution in [1.82, 2.24) is 9.78 Å². The normalized spacial score (nSPS) is 24.4. The molecule has 4 heteroatoms. The summed E-state index contributed by atoms with van der Waals surface area (Å²) in [6.45, 7) is 6.88. The first-order valence-electron chi connectivity index (χ1n) is 6.92. The number of nitrogens with zero attached hydrogens (tertiary/aromatic N) is 2. The third-order valence-corrected chi connectivity index (χ3v) is 4.39. The number of aromatic nitrogens is 2. The lowest BCUT2D eigenvalue weighted by Crippen LogP contribution is -2.36. The molecule has 18 heavy (non-hydrogen) atoms. The fourth-order valence-corrected chi connectivity index (χ4v) is 3.00. The molecule has 0 amide bonds. The summed E-state index contributed by atoms with van der Waals surface area (Å²) in [6.07, 6.45) is 4.25. The summed E-state index contributed by atoms with van der Waals surface area (Å²) in [7, 11) is 0. The number of alkyl halides is 1. The molecule has 3 nitrogen and oxygen atoms in total. The van der Waals surface area contributed by atoms with E-state index in [1.807, 2.05) is 0 Å². The van der Waals surface area contributed by atoms with Crippen LogP contribution < -0.4 is 0 Å². The monoisotopic (exact) mass is 270 g/mol. The fourth-order valence-electron chi connectivity index (χ4n) is 2.69. The van der Waals surface area contributed by atoms with Crippen LogP contribution in [0.15, 0.2) is 6.07 Å². The van der Waals surface area contributed by atoms with E-state index in [9.17, 15) is 0 Å². The standard InChI is InChI=1S/C14H23ClN2O/c1-3-12-8-13(17(4-2)16-12)9-14(10-15)6-5-7-18-11-14/h8H,3-7,9-11H2,1-2H3. The maximum Gasteiger partial charge on any atom is 0.0624 e. The number of aryl methyl sites for hydroxylation is 2. The predicted octanol–water partition coefficient (Wildman–Crippen LogP) is 3.04. The summed E-state index contributed by atoms with van der Waals surface area (Å²) in [5.74, 6) is 0.670. The van der Waals surface area contributed by atoms with Crippen molar-refractivity contribution in [3.63, 3.8) is 0 Å². The minimum atomic E-state index is 0.109. The SMILES string of the molecule is CCc1cc(CC2(CCl)CCCOC2)n(CC)n1. The third-order valence-electron chi connectivity index (χ3n) is 3.82. The highest BCUT2D eigenvalue weighted by Gasteiger charge is 2.33. The quantitative estimate of drug-likeness (QED) is 0.769. The molecule has 0 aromatic carbocycles. The van der Waals surface area contributed by atoms with Crippen molar-refractivity contribution < 1.29 is 4.74 Å². The Morgan fingerprint density at radius 3 is 2.89 bits per heavy atom. The average Bonchev–Trinajstić information content (AvgIpc) is 2.82. The molecule has 2 heterocycles. The lowest BCUT2D eigenvalue weighted by molar-refractivity contribution is 0.00381. The van der Waals surface area contributed by atoms with Crippen LogP contribution in [0.4, 0.5) is 0 Å². The molecule has 0 bridgehead atoms. The second-order valence-corrected chi connectivity index (χ2v) is 5.53. The zero-order valence-corrected chi connectivity index (χ0v) is 12.2. The van der Waals surface area contributed by atoms with Crippen molar-refractivity contribution in [2.24, 2.45) is 5.41 Å². The second-order valence-electron chi connectivity index (χ2n) is 5.26.